The lowest BCUT2D eigenvalue weighted by Gasteiger charge is -2.14. The third-order valence-electron chi connectivity index (χ3n) is 3.00. The molecule has 2 rings (SSSR count). The fourth-order valence-electron chi connectivity index (χ4n) is 1.89. The average molecular weight is 326 g/mol. The number of pyridine rings is 1. The predicted molar refractivity (Wildman–Crippen MR) is 82.6 cm³/mol. The molecule has 0 N–H and O–H groups in total. The molecule has 0 aliphatic rings. The van der Waals surface area contributed by atoms with Gasteiger partial charge in [-0.05, 0) is 36.1 Å². The van der Waals surface area contributed by atoms with E-state index in [0.29, 0.717) is 11.8 Å². The summed E-state index contributed by atoms with van der Waals surface area (Å²) in [6.45, 7) is 6.13. The highest BCUT2D eigenvalue weighted by Crippen LogP contribution is 2.31. The Kier molecular flexibility index (Phi) is 4.54. The van der Waals surface area contributed by atoms with Gasteiger partial charge in [0.05, 0.1) is 6.20 Å². The molecule has 0 unspecified atom stereocenters. The normalized spacial score (nSPS) is 11.7. The molecule has 0 fully saturated rings. The van der Waals surface area contributed by atoms with Gasteiger partial charge in [-0.15, -0.1) is 0 Å². The van der Waals surface area contributed by atoms with Gasteiger partial charge >= 0.3 is 0 Å². The fraction of sp³-hybridized carbons (Fsp3) is 0.267. The second kappa shape index (κ2) is 6.03. The summed E-state index contributed by atoms with van der Waals surface area (Å²) in [6.07, 6.45) is 1.18. The minimum atomic E-state index is -3.77. The monoisotopic (exact) mass is 325 g/mol. The Morgan fingerprint density at radius 3 is 2.43 bits per heavy atom. The van der Waals surface area contributed by atoms with Crippen LogP contribution < -0.4 is 4.74 Å². The number of halogens is 1. The second-order valence-electron chi connectivity index (χ2n) is 5.07. The molecule has 1 aromatic carbocycles. The van der Waals surface area contributed by atoms with Crippen LogP contribution in [0, 0.1) is 6.92 Å². The summed E-state index contributed by atoms with van der Waals surface area (Å²) in [5, 5.41) is 0. The molecule has 0 amide bonds. The minimum Gasteiger partial charge on any atom is -0.439 e. The number of aromatic nitrogens is 1. The zero-order valence-electron chi connectivity index (χ0n) is 12.0. The van der Waals surface area contributed by atoms with Gasteiger partial charge in [-0.2, -0.15) is 0 Å². The number of ether oxygens (including phenoxy) is 1. The Labute approximate surface area is 129 Å². The number of nitrogens with zero attached hydrogens (tertiary/aromatic N) is 1. The van der Waals surface area contributed by atoms with Crippen molar-refractivity contribution in [3.8, 4) is 11.6 Å². The highest BCUT2D eigenvalue weighted by Gasteiger charge is 2.12. The van der Waals surface area contributed by atoms with Gasteiger partial charge in [0.2, 0.25) is 5.88 Å². The maximum absolute atomic E-state index is 11.2. The van der Waals surface area contributed by atoms with Crippen LogP contribution in [0.1, 0.15) is 30.9 Å². The van der Waals surface area contributed by atoms with E-state index in [1.807, 2.05) is 25.1 Å². The van der Waals surface area contributed by atoms with E-state index in [0.717, 1.165) is 16.9 Å². The summed E-state index contributed by atoms with van der Waals surface area (Å²) in [7, 11) is 1.48. The molecule has 4 nitrogen and oxygen atoms in total. The Bertz CT molecular complexity index is 740. The van der Waals surface area contributed by atoms with Crippen LogP contribution in [0.4, 0.5) is 0 Å². The summed E-state index contributed by atoms with van der Waals surface area (Å²) in [4.78, 5) is 3.93. The van der Waals surface area contributed by atoms with E-state index in [4.69, 9.17) is 15.4 Å². The number of rotatable bonds is 4. The first kappa shape index (κ1) is 15.8. The van der Waals surface area contributed by atoms with E-state index < -0.39 is 9.05 Å². The molecule has 0 atom stereocenters. The van der Waals surface area contributed by atoms with Crippen LogP contribution in [0.3, 0.4) is 0 Å². The summed E-state index contributed by atoms with van der Waals surface area (Å²) in [5.74, 6) is 1.36. The van der Waals surface area contributed by atoms with Crippen molar-refractivity contribution in [1.82, 2.24) is 4.98 Å². The van der Waals surface area contributed by atoms with Gasteiger partial charge in [0.1, 0.15) is 10.6 Å². The SMILES string of the molecule is Cc1ccc(C(C)C)c(Oc2ccc(S(=O)(=O)Cl)cn2)c1. The quantitative estimate of drug-likeness (QED) is 0.789. The largest absolute Gasteiger partial charge is 0.439 e. The molecule has 6 heteroatoms. The van der Waals surface area contributed by atoms with Crippen molar-refractivity contribution >= 4 is 19.7 Å². The number of aryl methyl sites for hydroxylation is 1. The van der Waals surface area contributed by atoms with Crippen molar-refractivity contribution in [2.24, 2.45) is 0 Å². The highest BCUT2D eigenvalue weighted by atomic mass is 35.7. The van der Waals surface area contributed by atoms with Gasteiger partial charge in [0, 0.05) is 16.7 Å². The lowest BCUT2D eigenvalue weighted by molar-refractivity contribution is 0.453. The molecule has 21 heavy (non-hydrogen) atoms. The third kappa shape index (κ3) is 3.95. The van der Waals surface area contributed by atoms with Gasteiger partial charge in [-0.25, -0.2) is 13.4 Å². The van der Waals surface area contributed by atoms with Crippen molar-refractivity contribution in [3.63, 3.8) is 0 Å². The molecule has 0 aliphatic heterocycles. The molecule has 0 saturated heterocycles. The minimum absolute atomic E-state index is 0.0511. The molecule has 0 spiro atoms. The topological polar surface area (TPSA) is 56.3 Å². The predicted octanol–water partition coefficient (Wildman–Crippen LogP) is 4.23. The van der Waals surface area contributed by atoms with Gasteiger partial charge in [-0.3, -0.25) is 0 Å². The molecule has 2 aromatic rings. The lowest BCUT2D eigenvalue weighted by Crippen LogP contribution is -1.97. The summed E-state index contributed by atoms with van der Waals surface area (Å²) in [6, 6.07) is 8.84. The molecule has 1 aromatic heterocycles. The lowest BCUT2D eigenvalue weighted by atomic mass is 10.0. The number of hydrogen-bond acceptors (Lipinski definition) is 4. The molecule has 0 bridgehead atoms. The molecular weight excluding hydrogens is 310 g/mol. The van der Waals surface area contributed by atoms with Crippen LogP contribution in [0.5, 0.6) is 11.6 Å². The summed E-state index contributed by atoms with van der Waals surface area (Å²) >= 11 is 0. The van der Waals surface area contributed by atoms with Gasteiger partial charge in [0.25, 0.3) is 9.05 Å². The molecule has 0 radical (unpaired) electrons. The molecule has 1 heterocycles. The smallest absolute Gasteiger partial charge is 0.262 e. The highest BCUT2D eigenvalue weighted by molar-refractivity contribution is 8.13. The molecular formula is C15H16ClNO3S. The van der Waals surface area contributed by atoms with Crippen LogP contribution in [0.15, 0.2) is 41.4 Å². The van der Waals surface area contributed by atoms with Gasteiger partial charge in [-0.1, -0.05) is 26.0 Å². The van der Waals surface area contributed by atoms with Crippen molar-refractivity contribution in [3.05, 3.63) is 47.7 Å². The van der Waals surface area contributed by atoms with Crippen molar-refractivity contribution in [2.45, 2.75) is 31.6 Å². The first-order valence-corrected chi connectivity index (χ1v) is 8.77. The number of benzene rings is 1. The third-order valence-corrected chi connectivity index (χ3v) is 4.34. The fourth-order valence-corrected chi connectivity index (χ4v) is 2.57. The Balaban J connectivity index is 2.32. The molecule has 0 saturated carbocycles. The zero-order chi connectivity index (χ0) is 15.6. The number of hydrogen-bond donors (Lipinski definition) is 0. The van der Waals surface area contributed by atoms with Crippen LogP contribution in [-0.2, 0) is 9.05 Å². The van der Waals surface area contributed by atoms with E-state index in [-0.39, 0.29) is 4.90 Å². The second-order valence-corrected chi connectivity index (χ2v) is 7.63. The van der Waals surface area contributed by atoms with E-state index >= 15 is 0 Å². The van der Waals surface area contributed by atoms with Crippen molar-refractivity contribution in [2.75, 3.05) is 0 Å². The Morgan fingerprint density at radius 1 is 1.19 bits per heavy atom. The van der Waals surface area contributed by atoms with Gasteiger partial charge in [0.15, 0.2) is 0 Å². The summed E-state index contributed by atoms with van der Waals surface area (Å²) in [5.41, 5.74) is 2.14. The van der Waals surface area contributed by atoms with E-state index in [1.165, 1.54) is 18.3 Å². The van der Waals surface area contributed by atoms with Gasteiger partial charge < -0.3 is 4.74 Å². The molecule has 0 aliphatic carbocycles. The van der Waals surface area contributed by atoms with E-state index in [2.05, 4.69) is 18.8 Å². The standard InChI is InChI=1S/C15H16ClNO3S/c1-10(2)13-6-4-11(3)8-14(13)20-15-7-5-12(9-17-15)21(16,18)19/h4-10H,1-3H3. The average Bonchev–Trinajstić information content (AvgIpc) is 2.38. The van der Waals surface area contributed by atoms with E-state index in [1.54, 1.807) is 0 Å². The van der Waals surface area contributed by atoms with Crippen LogP contribution >= 0.6 is 10.7 Å². The maximum Gasteiger partial charge on any atom is 0.262 e. The van der Waals surface area contributed by atoms with Crippen molar-refractivity contribution < 1.29 is 13.2 Å². The first-order valence-electron chi connectivity index (χ1n) is 6.46. The van der Waals surface area contributed by atoms with Crippen LogP contribution in [0.2, 0.25) is 0 Å². The van der Waals surface area contributed by atoms with Crippen LogP contribution in [-0.4, -0.2) is 13.4 Å². The Hall–Kier alpha value is -1.59. The Morgan fingerprint density at radius 2 is 1.90 bits per heavy atom. The maximum atomic E-state index is 11.2. The zero-order valence-corrected chi connectivity index (χ0v) is 13.6. The van der Waals surface area contributed by atoms with Crippen molar-refractivity contribution in [1.29, 1.82) is 0 Å². The van der Waals surface area contributed by atoms with Crippen LogP contribution in [0.25, 0.3) is 0 Å². The first-order chi connectivity index (χ1) is 9.77. The van der Waals surface area contributed by atoms with E-state index in [9.17, 15) is 8.42 Å². The molecule has 112 valence electrons. The summed E-state index contributed by atoms with van der Waals surface area (Å²) < 4.78 is 28.1.